The standard InChI is InChI=1S/C17H12N2O2S2/c18-10-12-15-16(13(20)9-14(21)19-15)23-17(12)22-8-4-7-11-5-2-1-3-6-11/h1-7,9H,8H2,(H2,19,20,21). The number of hydrogen-bond acceptors (Lipinski definition) is 5. The fraction of sp³-hybridized carbons (Fsp3) is 0.0588. The molecule has 0 atom stereocenters. The molecule has 2 N–H and O–H groups in total. The van der Waals surface area contributed by atoms with Crippen molar-refractivity contribution in [3.8, 4) is 11.8 Å². The summed E-state index contributed by atoms with van der Waals surface area (Å²) < 4.78 is 1.33. The predicted molar refractivity (Wildman–Crippen MR) is 95.0 cm³/mol. The third-order valence-corrected chi connectivity index (χ3v) is 5.59. The molecule has 114 valence electrons. The van der Waals surface area contributed by atoms with Gasteiger partial charge in [0, 0.05) is 11.8 Å². The highest BCUT2D eigenvalue weighted by atomic mass is 32.2. The minimum atomic E-state index is -0.412. The van der Waals surface area contributed by atoms with Crippen LogP contribution in [0.5, 0.6) is 5.75 Å². The first-order valence-corrected chi connectivity index (χ1v) is 8.62. The van der Waals surface area contributed by atoms with Gasteiger partial charge in [0.1, 0.15) is 17.4 Å². The monoisotopic (exact) mass is 340 g/mol. The molecule has 2 aromatic heterocycles. The van der Waals surface area contributed by atoms with Crippen molar-refractivity contribution < 1.29 is 5.11 Å². The van der Waals surface area contributed by atoms with E-state index in [4.69, 9.17) is 0 Å². The molecular formula is C17H12N2O2S2. The second-order valence-electron chi connectivity index (χ2n) is 4.72. The number of aromatic amines is 1. The van der Waals surface area contributed by atoms with Crippen LogP contribution in [0.15, 0.2) is 51.5 Å². The number of hydrogen-bond donors (Lipinski definition) is 2. The van der Waals surface area contributed by atoms with E-state index in [2.05, 4.69) is 11.1 Å². The average molecular weight is 340 g/mol. The summed E-state index contributed by atoms with van der Waals surface area (Å²) in [4.78, 5) is 14.1. The van der Waals surface area contributed by atoms with Crippen molar-refractivity contribution in [1.82, 2.24) is 4.98 Å². The summed E-state index contributed by atoms with van der Waals surface area (Å²) in [6, 6.07) is 13.2. The zero-order valence-electron chi connectivity index (χ0n) is 11.9. The third-order valence-electron chi connectivity index (χ3n) is 3.16. The van der Waals surface area contributed by atoms with Crippen molar-refractivity contribution >= 4 is 39.4 Å². The van der Waals surface area contributed by atoms with Crippen LogP contribution in [0.1, 0.15) is 11.1 Å². The number of fused-ring (bicyclic) bond motifs is 1. The second-order valence-corrected chi connectivity index (χ2v) is 7.03. The third kappa shape index (κ3) is 3.31. The molecule has 0 aliphatic heterocycles. The lowest BCUT2D eigenvalue weighted by molar-refractivity contribution is 0.481. The van der Waals surface area contributed by atoms with E-state index < -0.39 is 5.56 Å². The Morgan fingerprint density at radius 2 is 2.13 bits per heavy atom. The summed E-state index contributed by atoms with van der Waals surface area (Å²) >= 11 is 2.82. The molecule has 6 heteroatoms. The van der Waals surface area contributed by atoms with Gasteiger partial charge in [0.25, 0.3) is 5.56 Å². The number of nitrogens with zero attached hydrogens (tertiary/aromatic N) is 1. The van der Waals surface area contributed by atoms with Gasteiger partial charge in [-0.25, -0.2) is 0 Å². The van der Waals surface area contributed by atoms with E-state index in [1.807, 2.05) is 42.5 Å². The largest absolute Gasteiger partial charge is 0.506 e. The van der Waals surface area contributed by atoms with Crippen LogP contribution < -0.4 is 5.56 Å². The number of pyridine rings is 1. The summed E-state index contributed by atoms with van der Waals surface area (Å²) in [6.07, 6.45) is 4.04. The molecule has 0 bridgehead atoms. The van der Waals surface area contributed by atoms with Crippen LogP contribution in [0.25, 0.3) is 16.3 Å². The molecule has 0 radical (unpaired) electrons. The van der Waals surface area contributed by atoms with Crippen molar-refractivity contribution in [2.75, 3.05) is 5.75 Å². The van der Waals surface area contributed by atoms with Crippen molar-refractivity contribution in [2.45, 2.75) is 4.21 Å². The first kappa shape index (κ1) is 15.4. The molecule has 3 rings (SSSR count). The summed E-state index contributed by atoms with van der Waals surface area (Å²) in [5.41, 5.74) is 1.53. The topological polar surface area (TPSA) is 76.9 Å². The molecule has 1 aromatic carbocycles. The number of aromatic hydroxyl groups is 1. The summed E-state index contributed by atoms with van der Waals surface area (Å²) in [7, 11) is 0. The molecule has 0 saturated heterocycles. The van der Waals surface area contributed by atoms with E-state index in [1.54, 1.807) is 0 Å². The summed E-state index contributed by atoms with van der Waals surface area (Å²) in [6.45, 7) is 0. The van der Waals surface area contributed by atoms with E-state index in [1.165, 1.54) is 23.1 Å². The van der Waals surface area contributed by atoms with Crippen LogP contribution >= 0.6 is 23.1 Å². The average Bonchev–Trinajstić information content (AvgIpc) is 2.90. The van der Waals surface area contributed by atoms with Gasteiger partial charge in [0.15, 0.2) is 0 Å². The molecule has 0 aliphatic carbocycles. The Morgan fingerprint density at radius 1 is 1.35 bits per heavy atom. The Kier molecular flexibility index (Phi) is 4.51. The van der Waals surface area contributed by atoms with Crippen LogP contribution in [0.2, 0.25) is 0 Å². The molecule has 2 heterocycles. The Hall–Kier alpha value is -2.49. The Bertz CT molecular complexity index is 966. The molecule has 0 aliphatic rings. The van der Waals surface area contributed by atoms with E-state index in [9.17, 15) is 15.2 Å². The predicted octanol–water partition coefficient (Wildman–Crippen LogP) is 3.97. The van der Waals surface area contributed by atoms with Crippen molar-refractivity contribution in [3.05, 3.63) is 64.0 Å². The number of nitrogens with one attached hydrogen (secondary N) is 1. The number of rotatable bonds is 4. The van der Waals surface area contributed by atoms with Gasteiger partial charge in [0.2, 0.25) is 0 Å². The first-order chi connectivity index (χ1) is 11.2. The Balaban J connectivity index is 1.83. The highest BCUT2D eigenvalue weighted by Crippen LogP contribution is 2.39. The molecule has 0 saturated carbocycles. The summed E-state index contributed by atoms with van der Waals surface area (Å²) in [5, 5.41) is 19.2. The van der Waals surface area contributed by atoms with Gasteiger partial charge in [-0.05, 0) is 5.56 Å². The van der Waals surface area contributed by atoms with Crippen molar-refractivity contribution in [2.24, 2.45) is 0 Å². The second kappa shape index (κ2) is 6.73. The van der Waals surface area contributed by atoms with Gasteiger partial charge in [0.05, 0.1) is 14.4 Å². The first-order valence-electron chi connectivity index (χ1n) is 6.82. The number of thiophene rings is 1. The van der Waals surface area contributed by atoms with Crippen LogP contribution in [0, 0.1) is 11.3 Å². The van der Waals surface area contributed by atoms with Crippen LogP contribution in [0.3, 0.4) is 0 Å². The highest BCUT2D eigenvalue weighted by Gasteiger charge is 2.15. The fourth-order valence-corrected chi connectivity index (χ4v) is 4.31. The van der Waals surface area contributed by atoms with E-state index in [-0.39, 0.29) is 5.75 Å². The lowest BCUT2D eigenvalue weighted by atomic mass is 10.2. The molecule has 3 aromatic rings. The minimum Gasteiger partial charge on any atom is -0.506 e. The number of aromatic nitrogens is 1. The maximum absolute atomic E-state index is 11.5. The molecule has 0 unspecified atom stereocenters. The van der Waals surface area contributed by atoms with E-state index in [0.717, 1.165) is 15.8 Å². The Morgan fingerprint density at radius 3 is 2.87 bits per heavy atom. The van der Waals surface area contributed by atoms with Crippen LogP contribution in [-0.2, 0) is 0 Å². The van der Waals surface area contributed by atoms with Gasteiger partial charge in [-0.3, -0.25) is 4.79 Å². The number of benzene rings is 1. The fourth-order valence-electron chi connectivity index (χ4n) is 2.13. The quantitative estimate of drug-likeness (QED) is 0.705. The number of thioether (sulfide) groups is 1. The maximum Gasteiger partial charge on any atom is 0.252 e. The lowest BCUT2D eigenvalue weighted by Crippen LogP contribution is -2.02. The van der Waals surface area contributed by atoms with Gasteiger partial charge < -0.3 is 10.1 Å². The highest BCUT2D eigenvalue weighted by molar-refractivity contribution is 8.01. The van der Waals surface area contributed by atoms with Gasteiger partial charge in [-0.2, -0.15) is 5.26 Å². The zero-order chi connectivity index (χ0) is 16.2. The zero-order valence-corrected chi connectivity index (χ0v) is 13.6. The SMILES string of the molecule is N#Cc1c(SCC=Cc2ccccc2)sc2c(O)cc(=O)[nH]c12. The Labute approximate surface area is 140 Å². The van der Waals surface area contributed by atoms with Crippen LogP contribution in [-0.4, -0.2) is 15.8 Å². The normalized spacial score (nSPS) is 11.1. The molecule has 0 spiro atoms. The maximum atomic E-state index is 11.5. The van der Waals surface area contributed by atoms with Crippen molar-refractivity contribution in [1.29, 1.82) is 5.26 Å². The molecular weight excluding hydrogens is 328 g/mol. The number of nitriles is 1. The van der Waals surface area contributed by atoms with Gasteiger partial charge in [-0.15, -0.1) is 23.1 Å². The lowest BCUT2D eigenvalue weighted by Gasteiger charge is -1.95. The van der Waals surface area contributed by atoms with E-state index in [0.29, 0.717) is 21.5 Å². The molecule has 0 amide bonds. The molecule has 4 nitrogen and oxygen atoms in total. The molecule has 0 fully saturated rings. The van der Waals surface area contributed by atoms with Crippen molar-refractivity contribution in [3.63, 3.8) is 0 Å². The number of H-pyrrole nitrogens is 1. The smallest absolute Gasteiger partial charge is 0.252 e. The van der Waals surface area contributed by atoms with Gasteiger partial charge >= 0.3 is 0 Å². The van der Waals surface area contributed by atoms with E-state index >= 15 is 0 Å². The van der Waals surface area contributed by atoms with Gasteiger partial charge in [-0.1, -0.05) is 42.5 Å². The van der Waals surface area contributed by atoms with Crippen LogP contribution in [0.4, 0.5) is 0 Å². The minimum absolute atomic E-state index is 0.0862. The molecule has 23 heavy (non-hydrogen) atoms. The summed E-state index contributed by atoms with van der Waals surface area (Å²) in [5.74, 6) is 0.610.